The summed E-state index contributed by atoms with van der Waals surface area (Å²) in [5, 5.41) is 3.98. The van der Waals surface area contributed by atoms with E-state index in [1.807, 2.05) is 18.2 Å². The largest absolute Gasteiger partial charge is 0.438 e. The number of rotatable bonds is 3. The summed E-state index contributed by atoms with van der Waals surface area (Å²) in [6.07, 6.45) is 2.53. The zero-order valence-electron chi connectivity index (χ0n) is 8.16. The molecular weight excluding hydrogens is 212 g/mol. The molecule has 0 saturated heterocycles. The maximum atomic E-state index is 5.99. The molecule has 0 amide bonds. The maximum Gasteiger partial charge on any atom is 0.209 e. The lowest BCUT2D eigenvalue weighted by molar-refractivity contribution is 0.494. The molecule has 1 N–H and O–H groups in total. The van der Waals surface area contributed by atoms with E-state index in [-0.39, 0.29) is 0 Å². The zero-order chi connectivity index (χ0) is 10.3. The first kappa shape index (κ1) is 9.19. The number of hydrogen-bond acceptors (Lipinski definition) is 3. The fraction of sp³-hybridized carbons (Fsp3) is 0.364. The van der Waals surface area contributed by atoms with Crippen molar-refractivity contribution >= 4 is 22.7 Å². The number of fused-ring (bicyclic) bond motifs is 1. The van der Waals surface area contributed by atoms with Gasteiger partial charge in [-0.05, 0) is 25.0 Å². The van der Waals surface area contributed by atoms with Crippen LogP contribution in [0.25, 0.3) is 11.1 Å². The van der Waals surface area contributed by atoms with Crippen molar-refractivity contribution in [3.8, 4) is 0 Å². The second kappa shape index (κ2) is 3.51. The fourth-order valence-electron chi connectivity index (χ4n) is 1.56. The molecule has 1 heterocycles. The van der Waals surface area contributed by atoms with Crippen LogP contribution in [0.1, 0.15) is 18.7 Å². The summed E-state index contributed by atoms with van der Waals surface area (Å²) in [4.78, 5) is 4.36. The van der Waals surface area contributed by atoms with Gasteiger partial charge < -0.3 is 9.73 Å². The van der Waals surface area contributed by atoms with Crippen molar-refractivity contribution in [1.29, 1.82) is 0 Å². The van der Waals surface area contributed by atoms with Crippen molar-refractivity contribution in [2.24, 2.45) is 0 Å². The molecule has 1 saturated carbocycles. The summed E-state index contributed by atoms with van der Waals surface area (Å²) in [6, 6.07) is 6.26. The van der Waals surface area contributed by atoms with Gasteiger partial charge in [0.25, 0.3) is 0 Å². The predicted octanol–water partition coefficient (Wildman–Crippen LogP) is 2.73. The number of para-hydroxylation sites is 1. The third kappa shape index (κ3) is 1.85. The smallest absolute Gasteiger partial charge is 0.209 e. The van der Waals surface area contributed by atoms with Crippen molar-refractivity contribution in [3.05, 3.63) is 29.1 Å². The van der Waals surface area contributed by atoms with Crippen molar-refractivity contribution < 1.29 is 4.42 Å². The van der Waals surface area contributed by atoms with Crippen molar-refractivity contribution in [1.82, 2.24) is 10.3 Å². The van der Waals surface area contributed by atoms with Crippen molar-refractivity contribution in [2.75, 3.05) is 0 Å². The number of oxazole rings is 1. The predicted molar refractivity (Wildman–Crippen MR) is 58.9 cm³/mol. The summed E-state index contributed by atoms with van der Waals surface area (Å²) >= 11 is 5.99. The Labute approximate surface area is 92.4 Å². The van der Waals surface area contributed by atoms with E-state index in [1.165, 1.54) is 12.8 Å². The molecule has 0 atom stereocenters. The Morgan fingerprint density at radius 1 is 1.47 bits per heavy atom. The van der Waals surface area contributed by atoms with E-state index in [9.17, 15) is 0 Å². The molecule has 3 nitrogen and oxygen atoms in total. The van der Waals surface area contributed by atoms with Gasteiger partial charge in [-0.2, -0.15) is 0 Å². The molecule has 4 heteroatoms. The van der Waals surface area contributed by atoms with Crippen LogP contribution in [0.3, 0.4) is 0 Å². The minimum absolute atomic E-state index is 0.623. The van der Waals surface area contributed by atoms with E-state index in [2.05, 4.69) is 10.3 Å². The van der Waals surface area contributed by atoms with Gasteiger partial charge in [-0.1, -0.05) is 17.7 Å². The first-order chi connectivity index (χ1) is 7.33. The summed E-state index contributed by atoms with van der Waals surface area (Å²) in [7, 11) is 0. The van der Waals surface area contributed by atoms with Gasteiger partial charge in [-0.15, -0.1) is 0 Å². The lowest BCUT2D eigenvalue weighted by atomic mass is 10.3. The molecule has 78 valence electrons. The van der Waals surface area contributed by atoms with Gasteiger partial charge in [-0.25, -0.2) is 4.98 Å². The van der Waals surface area contributed by atoms with Gasteiger partial charge in [-0.3, -0.25) is 0 Å². The average molecular weight is 223 g/mol. The Hall–Kier alpha value is -1.06. The van der Waals surface area contributed by atoms with Gasteiger partial charge in [0.1, 0.15) is 5.52 Å². The van der Waals surface area contributed by atoms with Crippen LogP contribution in [-0.4, -0.2) is 11.0 Å². The number of benzene rings is 1. The maximum absolute atomic E-state index is 5.99. The number of halogens is 1. The topological polar surface area (TPSA) is 38.1 Å². The molecule has 0 unspecified atom stereocenters. The zero-order valence-corrected chi connectivity index (χ0v) is 8.92. The second-order valence-electron chi connectivity index (χ2n) is 3.85. The normalized spacial score (nSPS) is 16.1. The third-order valence-corrected chi connectivity index (χ3v) is 2.83. The first-order valence-electron chi connectivity index (χ1n) is 5.10. The Balaban J connectivity index is 1.88. The Morgan fingerprint density at radius 2 is 2.33 bits per heavy atom. The molecule has 15 heavy (non-hydrogen) atoms. The number of aromatic nitrogens is 1. The van der Waals surface area contributed by atoms with E-state index in [4.69, 9.17) is 16.0 Å². The van der Waals surface area contributed by atoms with Crippen molar-refractivity contribution in [3.63, 3.8) is 0 Å². The number of hydrogen-bond donors (Lipinski definition) is 1. The molecule has 0 spiro atoms. The summed E-state index contributed by atoms with van der Waals surface area (Å²) in [5.41, 5.74) is 1.52. The van der Waals surface area contributed by atoms with Crippen LogP contribution in [0.4, 0.5) is 0 Å². The Bertz CT molecular complexity index is 490. The third-order valence-electron chi connectivity index (χ3n) is 2.53. The number of nitrogens with zero attached hydrogens (tertiary/aromatic N) is 1. The molecule has 0 bridgehead atoms. The lowest BCUT2D eigenvalue weighted by Gasteiger charge is -1.95. The number of nitrogens with one attached hydrogen (secondary N) is 1. The molecular formula is C11H11ClN2O. The van der Waals surface area contributed by atoms with Gasteiger partial charge in [0, 0.05) is 6.04 Å². The molecule has 0 aliphatic heterocycles. The lowest BCUT2D eigenvalue weighted by Crippen LogP contribution is -2.15. The van der Waals surface area contributed by atoms with Gasteiger partial charge >= 0.3 is 0 Å². The average Bonchev–Trinajstić information content (AvgIpc) is 2.95. The fourth-order valence-corrected chi connectivity index (χ4v) is 1.76. The van der Waals surface area contributed by atoms with E-state index in [0.29, 0.717) is 29.1 Å². The molecule has 1 fully saturated rings. The van der Waals surface area contributed by atoms with Crippen LogP contribution in [0, 0.1) is 0 Å². The first-order valence-corrected chi connectivity index (χ1v) is 5.48. The van der Waals surface area contributed by atoms with Crippen LogP contribution in [-0.2, 0) is 6.54 Å². The van der Waals surface area contributed by atoms with Gasteiger partial charge in [0.2, 0.25) is 5.89 Å². The van der Waals surface area contributed by atoms with Crippen LogP contribution >= 0.6 is 11.6 Å². The van der Waals surface area contributed by atoms with Crippen LogP contribution < -0.4 is 5.32 Å². The standard InChI is InChI=1S/C11H11ClN2O/c12-8-2-1-3-9-11(8)15-10(14-9)6-13-7-4-5-7/h1-3,7,13H,4-6H2. The molecule has 1 aromatic heterocycles. The summed E-state index contributed by atoms with van der Waals surface area (Å²) in [6.45, 7) is 0.690. The Morgan fingerprint density at radius 3 is 3.07 bits per heavy atom. The van der Waals surface area contributed by atoms with Crippen LogP contribution in [0.5, 0.6) is 0 Å². The highest BCUT2D eigenvalue weighted by Gasteiger charge is 2.21. The van der Waals surface area contributed by atoms with Crippen LogP contribution in [0.15, 0.2) is 22.6 Å². The van der Waals surface area contributed by atoms with Crippen LogP contribution in [0.2, 0.25) is 5.02 Å². The summed E-state index contributed by atoms with van der Waals surface area (Å²) in [5.74, 6) is 0.713. The quantitative estimate of drug-likeness (QED) is 0.868. The van der Waals surface area contributed by atoms with E-state index in [1.54, 1.807) is 0 Å². The molecule has 1 aliphatic carbocycles. The molecule has 1 aromatic carbocycles. The van der Waals surface area contributed by atoms with Crippen molar-refractivity contribution in [2.45, 2.75) is 25.4 Å². The molecule has 2 aromatic rings. The highest BCUT2D eigenvalue weighted by atomic mass is 35.5. The van der Waals surface area contributed by atoms with Gasteiger partial charge in [0.05, 0.1) is 11.6 Å². The minimum atomic E-state index is 0.623. The van der Waals surface area contributed by atoms with Gasteiger partial charge in [0.15, 0.2) is 5.58 Å². The summed E-state index contributed by atoms with van der Waals surface area (Å²) < 4.78 is 5.57. The van der Waals surface area contributed by atoms with E-state index in [0.717, 1.165) is 5.52 Å². The highest BCUT2D eigenvalue weighted by Crippen LogP contribution is 2.24. The molecule has 1 aliphatic rings. The monoisotopic (exact) mass is 222 g/mol. The minimum Gasteiger partial charge on any atom is -0.438 e. The van der Waals surface area contributed by atoms with E-state index >= 15 is 0 Å². The molecule has 0 radical (unpaired) electrons. The van der Waals surface area contributed by atoms with E-state index < -0.39 is 0 Å². The second-order valence-corrected chi connectivity index (χ2v) is 4.26. The Kier molecular flexibility index (Phi) is 2.15. The molecule has 3 rings (SSSR count). The SMILES string of the molecule is Clc1cccc2nc(CNC3CC3)oc12. The highest BCUT2D eigenvalue weighted by molar-refractivity contribution is 6.34.